The summed E-state index contributed by atoms with van der Waals surface area (Å²) in [7, 11) is 0. The molecule has 0 saturated carbocycles. The molecule has 0 amide bonds. The Morgan fingerprint density at radius 1 is 1.07 bits per heavy atom. The lowest BCUT2D eigenvalue weighted by Gasteiger charge is -2.29. The van der Waals surface area contributed by atoms with E-state index < -0.39 is 0 Å². The Balaban J connectivity index is 2.44. The van der Waals surface area contributed by atoms with Crippen molar-refractivity contribution in [1.82, 2.24) is 0 Å². The van der Waals surface area contributed by atoms with E-state index in [9.17, 15) is 0 Å². The third kappa shape index (κ3) is 1.13. The van der Waals surface area contributed by atoms with Crippen molar-refractivity contribution in [2.45, 2.75) is 27.7 Å². The van der Waals surface area contributed by atoms with Crippen molar-refractivity contribution >= 4 is 0 Å². The lowest BCUT2D eigenvalue weighted by molar-refractivity contribution is 0.440. The summed E-state index contributed by atoms with van der Waals surface area (Å²) >= 11 is 0. The molecule has 14 heavy (non-hydrogen) atoms. The van der Waals surface area contributed by atoms with Crippen LogP contribution in [0.15, 0.2) is 47.1 Å². The Morgan fingerprint density at radius 3 is 2.07 bits per heavy atom. The topological polar surface area (TPSA) is 0 Å². The summed E-state index contributed by atoms with van der Waals surface area (Å²) in [5, 5.41) is 0. The van der Waals surface area contributed by atoms with E-state index in [0.717, 1.165) is 0 Å². The first-order valence-electron chi connectivity index (χ1n) is 5.28. The van der Waals surface area contributed by atoms with E-state index in [0.29, 0.717) is 5.92 Å². The van der Waals surface area contributed by atoms with E-state index in [2.05, 4.69) is 58.1 Å². The highest BCUT2D eigenvalue weighted by Crippen LogP contribution is 2.47. The molecule has 0 spiro atoms. The standard InChI is InChI=1S/C14H18/c1-10-9-14(4,12(3)11(10)2)13-7-5-6-8-13/h5-9,13H,1-4H3. The molecule has 1 unspecified atom stereocenters. The van der Waals surface area contributed by atoms with Gasteiger partial charge >= 0.3 is 0 Å². The minimum absolute atomic E-state index is 0.220. The number of allylic oxidation sites excluding steroid dienone is 8. The van der Waals surface area contributed by atoms with Gasteiger partial charge in [0.25, 0.3) is 0 Å². The van der Waals surface area contributed by atoms with E-state index in [1.54, 1.807) is 0 Å². The molecule has 0 aromatic carbocycles. The van der Waals surface area contributed by atoms with Crippen LogP contribution in [0.25, 0.3) is 0 Å². The summed E-state index contributed by atoms with van der Waals surface area (Å²) < 4.78 is 0. The van der Waals surface area contributed by atoms with E-state index >= 15 is 0 Å². The normalized spacial score (nSPS) is 31.9. The van der Waals surface area contributed by atoms with Crippen molar-refractivity contribution < 1.29 is 0 Å². The van der Waals surface area contributed by atoms with Gasteiger partial charge in [-0.25, -0.2) is 0 Å². The van der Waals surface area contributed by atoms with Crippen LogP contribution in [0.4, 0.5) is 0 Å². The van der Waals surface area contributed by atoms with Crippen LogP contribution in [0.3, 0.4) is 0 Å². The Kier molecular flexibility index (Phi) is 2.02. The van der Waals surface area contributed by atoms with Crippen molar-refractivity contribution in [2.24, 2.45) is 11.3 Å². The molecule has 2 aliphatic carbocycles. The molecular formula is C14H18. The van der Waals surface area contributed by atoms with Gasteiger partial charge < -0.3 is 0 Å². The monoisotopic (exact) mass is 186 g/mol. The van der Waals surface area contributed by atoms with Gasteiger partial charge in [0, 0.05) is 11.3 Å². The van der Waals surface area contributed by atoms with Gasteiger partial charge in [0.15, 0.2) is 0 Å². The van der Waals surface area contributed by atoms with Gasteiger partial charge in [-0.05, 0) is 26.3 Å². The molecule has 0 saturated heterocycles. The summed E-state index contributed by atoms with van der Waals surface area (Å²) in [6, 6.07) is 0. The number of rotatable bonds is 1. The van der Waals surface area contributed by atoms with Crippen LogP contribution in [0.5, 0.6) is 0 Å². The first kappa shape index (κ1) is 9.51. The molecule has 0 aliphatic heterocycles. The Hall–Kier alpha value is -1.04. The minimum atomic E-state index is 0.220. The fraction of sp³-hybridized carbons (Fsp3) is 0.429. The second-order valence-corrected chi connectivity index (χ2v) is 4.66. The van der Waals surface area contributed by atoms with Gasteiger partial charge in [0.1, 0.15) is 0 Å². The smallest absolute Gasteiger partial charge is 0.0169 e. The molecule has 0 aromatic rings. The SMILES string of the molecule is CC1=CC(C)(C2C=CC=C2)C(C)=C1C. The van der Waals surface area contributed by atoms with Crippen LogP contribution < -0.4 is 0 Å². The fourth-order valence-electron chi connectivity index (χ4n) is 2.54. The van der Waals surface area contributed by atoms with Gasteiger partial charge in [-0.3, -0.25) is 0 Å². The van der Waals surface area contributed by atoms with Crippen LogP contribution in [-0.4, -0.2) is 0 Å². The molecular weight excluding hydrogens is 168 g/mol. The van der Waals surface area contributed by atoms with Gasteiger partial charge in [-0.2, -0.15) is 0 Å². The largest absolute Gasteiger partial charge is 0.0764 e. The molecule has 0 N–H and O–H groups in total. The van der Waals surface area contributed by atoms with Crippen LogP contribution in [0.2, 0.25) is 0 Å². The molecule has 0 heterocycles. The molecule has 1 atom stereocenters. The third-order valence-corrected chi connectivity index (χ3v) is 3.92. The predicted molar refractivity (Wildman–Crippen MR) is 62.0 cm³/mol. The predicted octanol–water partition coefficient (Wildman–Crippen LogP) is 4.03. The number of hydrogen-bond donors (Lipinski definition) is 0. The van der Waals surface area contributed by atoms with Crippen LogP contribution in [0, 0.1) is 11.3 Å². The molecule has 0 aromatic heterocycles. The zero-order valence-corrected chi connectivity index (χ0v) is 9.46. The van der Waals surface area contributed by atoms with Crippen molar-refractivity contribution in [3.63, 3.8) is 0 Å². The fourth-order valence-corrected chi connectivity index (χ4v) is 2.54. The Bertz CT molecular complexity index is 365. The minimum Gasteiger partial charge on any atom is -0.0764 e. The van der Waals surface area contributed by atoms with Crippen LogP contribution in [0.1, 0.15) is 27.7 Å². The van der Waals surface area contributed by atoms with Crippen molar-refractivity contribution in [1.29, 1.82) is 0 Å². The van der Waals surface area contributed by atoms with Gasteiger partial charge in [-0.15, -0.1) is 0 Å². The van der Waals surface area contributed by atoms with Crippen molar-refractivity contribution in [2.75, 3.05) is 0 Å². The quantitative estimate of drug-likeness (QED) is 0.580. The highest BCUT2D eigenvalue weighted by atomic mass is 14.4. The molecule has 74 valence electrons. The molecule has 0 heteroatoms. The number of hydrogen-bond acceptors (Lipinski definition) is 0. The zero-order chi connectivity index (χ0) is 10.3. The maximum Gasteiger partial charge on any atom is 0.0169 e. The molecule has 0 fully saturated rings. The molecule has 2 aliphatic rings. The molecule has 0 radical (unpaired) electrons. The average Bonchev–Trinajstić information content (AvgIpc) is 2.73. The maximum absolute atomic E-state index is 2.42. The van der Waals surface area contributed by atoms with Gasteiger partial charge in [0.2, 0.25) is 0 Å². The van der Waals surface area contributed by atoms with E-state index in [1.807, 2.05) is 0 Å². The molecule has 0 bridgehead atoms. The summed E-state index contributed by atoms with van der Waals surface area (Å²) in [6.07, 6.45) is 11.3. The van der Waals surface area contributed by atoms with Gasteiger partial charge in [0.05, 0.1) is 0 Å². The van der Waals surface area contributed by atoms with Crippen molar-refractivity contribution in [3.8, 4) is 0 Å². The summed E-state index contributed by atoms with van der Waals surface area (Å²) in [5.74, 6) is 0.551. The van der Waals surface area contributed by atoms with Crippen molar-refractivity contribution in [3.05, 3.63) is 47.1 Å². The third-order valence-electron chi connectivity index (χ3n) is 3.92. The van der Waals surface area contributed by atoms with Crippen LogP contribution in [-0.2, 0) is 0 Å². The second kappa shape index (κ2) is 2.98. The summed E-state index contributed by atoms with van der Waals surface area (Å²) in [5.41, 5.74) is 4.66. The lowest BCUT2D eigenvalue weighted by atomic mass is 9.74. The maximum atomic E-state index is 2.42. The molecule has 0 nitrogen and oxygen atoms in total. The average molecular weight is 186 g/mol. The van der Waals surface area contributed by atoms with E-state index in [-0.39, 0.29) is 5.41 Å². The van der Waals surface area contributed by atoms with Gasteiger partial charge in [-0.1, -0.05) is 48.5 Å². The first-order chi connectivity index (χ1) is 6.55. The van der Waals surface area contributed by atoms with Crippen LogP contribution >= 0.6 is 0 Å². The molecule has 2 rings (SSSR count). The van der Waals surface area contributed by atoms with E-state index in [1.165, 1.54) is 16.7 Å². The summed E-state index contributed by atoms with van der Waals surface area (Å²) in [6.45, 7) is 9.05. The Morgan fingerprint density at radius 2 is 1.64 bits per heavy atom. The highest BCUT2D eigenvalue weighted by molar-refractivity contribution is 5.48. The summed E-state index contributed by atoms with van der Waals surface area (Å²) in [4.78, 5) is 0. The first-order valence-corrected chi connectivity index (χ1v) is 5.28. The Labute approximate surface area is 86.7 Å². The van der Waals surface area contributed by atoms with E-state index in [4.69, 9.17) is 0 Å². The lowest BCUT2D eigenvalue weighted by Crippen LogP contribution is -2.21. The second-order valence-electron chi connectivity index (χ2n) is 4.66. The zero-order valence-electron chi connectivity index (χ0n) is 9.46. The highest BCUT2D eigenvalue weighted by Gasteiger charge is 2.36.